The van der Waals surface area contributed by atoms with Crippen LogP contribution in [0.2, 0.25) is 5.02 Å². The Hall–Kier alpha value is -2.10. The maximum atomic E-state index is 14.6. The van der Waals surface area contributed by atoms with Crippen LogP contribution in [0.3, 0.4) is 0 Å². The Labute approximate surface area is 206 Å². The second kappa shape index (κ2) is 9.80. The fraction of sp³-hybridized carbons (Fsp3) is 0.292. The highest BCUT2D eigenvalue weighted by molar-refractivity contribution is 14.1. The normalized spacial score (nSPS) is 18.4. The van der Waals surface area contributed by atoms with E-state index in [1.807, 2.05) is 51.1 Å². The first-order valence-corrected chi connectivity index (χ1v) is 11.5. The molecule has 1 fully saturated rings. The molecule has 170 valence electrons. The Morgan fingerprint density at radius 3 is 2.50 bits per heavy atom. The van der Waals surface area contributed by atoms with Gasteiger partial charge in [-0.05, 0) is 72.7 Å². The summed E-state index contributed by atoms with van der Waals surface area (Å²) in [5.74, 6) is 6.09. The molecule has 0 aliphatic carbocycles. The van der Waals surface area contributed by atoms with Crippen molar-refractivity contribution in [1.29, 1.82) is 0 Å². The van der Waals surface area contributed by atoms with Crippen LogP contribution in [0.25, 0.3) is 5.57 Å². The van der Waals surface area contributed by atoms with Crippen LogP contribution in [0, 0.1) is 5.82 Å². The average Bonchev–Trinajstić information content (AvgIpc) is 2.72. The summed E-state index contributed by atoms with van der Waals surface area (Å²) in [5, 5.41) is 1.94. The molecule has 2 aromatic rings. The molecule has 1 aliphatic heterocycles. The fourth-order valence-electron chi connectivity index (χ4n) is 3.43. The lowest BCUT2D eigenvalue weighted by atomic mass is 10.0. The molecule has 2 N–H and O–H groups in total. The molecule has 0 bridgehead atoms. The van der Waals surface area contributed by atoms with Crippen molar-refractivity contribution in [3.63, 3.8) is 0 Å². The number of piperazine rings is 1. The molecule has 2 aromatic carbocycles. The third-order valence-electron chi connectivity index (χ3n) is 4.99. The first-order chi connectivity index (χ1) is 15.0. The van der Waals surface area contributed by atoms with Crippen molar-refractivity contribution in [2.24, 2.45) is 5.84 Å². The predicted octanol–water partition coefficient (Wildman–Crippen LogP) is 6.31. The van der Waals surface area contributed by atoms with Crippen LogP contribution in [-0.4, -0.2) is 34.7 Å². The van der Waals surface area contributed by atoms with Crippen LogP contribution in [0.15, 0.2) is 64.4 Å². The number of halogens is 3. The second-order valence-electron chi connectivity index (χ2n) is 8.56. The van der Waals surface area contributed by atoms with Gasteiger partial charge in [-0.15, -0.1) is 0 Å². The topological polar surface area (TPSA) is 58.8 Å². The summed E-state index contributed by atoms with van der Waals surface area (Å²) in [7, 11) is 0. The monoisotopic (exact) mass is 569 g/mol. The Morgan fingerprint density at radius 1 is 1.25 bits per heavy atom. The van der Waals surface area contributed by atoms with Gasteiger partial charge in [0.1, 0.15) is 11.4 Å². The Balaban J connectivity index is 2.03. The van der Waals surface area contributed by atoms with Gasteiger partial charge in [0.25, 0.3) is 0 Å². The van der Waals surface area contributed by atoms with E-state index < -0.39 is 17.5 Å². The molecule has 5 nitrogen and oxygen atoms in total. The van der Waals surface area contributed by atoms with E-state index in [1.54, 1.807) is 22.0 Å². The highest BCUT2D eigenvalue weighted by atomic mass is 127. The van der Waals surface area contributed by atoms with E-state index in [0.717, 1.165) is 5.56 Å². The first-order valence-electron chi connectivity index (χ1n) is 10.1. The summed E-state index contributed by atoms with van der Waals surface area (Å²) < 4.78 is 20.8. The maximum Gasteiger partial charge on any atom is 0.410 e. The molecule has 8 heteroatoms. The number of hydrogen-bond acceptors (Lipinski definition) is 4. The van der Waals surface area contributed by atoms with E-state index >= 15 is 0 Å². The minimum atomic E-state index is -0.633. The third kappa shape index (κ3) is 5.63. The molecule has 32 heavy (non-hydrogen) atoms. The van der Waals surface area contributed by atoms with Crippen molar-refractivity contribution in [2.45, 2.75) is 32.4 Å². The molecule has 1 unspecified atom stereocenters. The Bertz CT molecular complexity index is 1050. The minimum absolute atomic E-state index is 0.210. The van der Waals surface area contributed by atoms with Crippen LogP contribution in [0.5, 0.6) is 0 Å². The number of nitrogens with two attached hydrogens (primary N) is 1. The lowest BCUT2D eigenvalue weighted by Crippen LogP contribution is -2.52. The van der Waals surface area contributed by atoms with Crippen molar-refractivity contribution in [3.05, 3.63) is 86.4 Å². The average molecular weight is 570 g/mol. The molecule has 1 atom stereocenters. The number of ether oxygens (including phenoxy) is 1. The van der Waals surface area contributed by atoms with Crippen LogP contribution >= 0.6 is 34.2 Å². The molecule has 1 aliphatic rings. The molecular formula is C24H26ClFIN3O2. The quantitative estimate of drug-likeness (QED) is 0.348. The van der Waals surface area contributed by atoms with Gasteiger partial charge in [0.15, 0.2) is 0 Å². The maximum absolute atomic E-state index is 14.6. The number of hydrogen-bond donors (Lipinski definition) is 1. The summed E-state index contributed by atoms with van der Waals surface area (Å²) >= 11 is 8.00. The van der Waals surface area contributed by atoms with Gasteiger partial charge in [0, 0.05) is 14.2 Å². The molecule has 1 heterocycles. The largest absolute Gasteiger partial charge is 0.444 e. The van der Waals surface area contributed by atoms with Crippen molar-refractivity contribution in [2.75, 3.05) is 13.1 Å². The van der Waals surface area contributed by atoms with E-state index in [4.69, 9.17) is 22.2 Å². The highest BCUT2D eigenvalue weighted by Crippen LogP contribution is 2.37. The zero-order chi connectivity index (χ0) is 23.6. The molecule has 0 aromatic heterocycles. The van der Waals surface area contributed by atoms with Gasteiger partial charge in [-0.1, -0.05) is 48.5 Å². The highest BCUT2D eigenvalue weighted by Gasteiger charge is 2.35. The number of allylic oxidation sites excluding steroid dienone is 2. The molecule has 1 saturated heterocycles. The fourth-order valence-corrected chi connectivity index (χ4v) is 4.33. The van der Waals surface area contributed by atoms with Gasteiger partial charge in [-0.2, -0.15) is 0 Å². The SMILES string of the molecule is C=C(/C(I)=C1/CN(C(=O)OC(C)(C)C)CC(c2ccccc2)N1N)c1ccc(Cl)cc1F. The summed E-state index contributed by atoms with van der Waals surface area (Å²) in [6.07, 6.45) is -0.434. The van der Waals surface area contributed by atoms with Gasteiger partial charge < -0.3 is 9.75 Å². The third-order valence-corrected chi connectivity index (χ3v) is 6.50. The van der Waals surface area contributed by atoms with Gasteiger partial charge >= 0.3 is 6.09 Å². The van der Waals surface area contributed by atoms with Gasteiger partial charge in [0.2, 0.25) is 0 Å². The number of rotatable bonds is 3. The molecular weight excluding hydrogens is 544 g/mol. The first kappa shape index (κ1) is 24.5. The standard InChI is InChI=1S/C24H26ClFIN3O2/c1-15(18-11-10-17(25)12-19(18)26)22(27)21-14-29(23(31)32-24(2,3)4)13-20(30(21)28)16-8-6-5-7-9-16/h5-12,20H,1,13-14,28H2,2-4H3/b22-21+. The van der Waals surface area contributed by atoms with Gasteiger partial charge in [-0.25, -0.2) is 15.0 Å². The van der Waals surface area contributed by atoms with Gasteiger partial charge in [0.05, 0.1) is 24.8 Å². The summed E-state index contributed by atoms with van der Waals surface area (Å²) in [5.41, 5.74) is 1.75. The van der Waals surface area contributed by atoms with E-state index in [1.165, 1.54) is 6.07 Å². The van der Waals surface area contributed by atoms with Gasteiger partial charge in [-0.3, -0.25) is 4.90 Å². The zero-order valence-corrected chi connectivity index (χ0v) is 21.2. The summed E-state index contributed by atoms with van der Waals surface area (Å²) in [4.78, 5) is 14.5. The van der Waals surface area contributed by atoms with E-state index in [9.17, 15) is 9.18 Å². The number of benzene rings is 2. The molecule has 1 amide bonds. The van der Waals surface area contributed by atoms with Crippen LogP contribution in [-0.2, 0) is 4.74 Å². The smallest absolute Gasteiger partial charge is 0.410 e. The van der Waals surface area contributed by atoms with Crippen LogP contribution in [0.4, 0.5) is 9.18 Å². The minimum Gasteiger partial charge on any atom is -0.444 e. The number of amides is 1. The Kier molecular flexibility index (Phi) is 7.52. The molecule has 3 rings (SSSR count). The van der Waals surface area contributed by atoms with E-state index in [-0.39, 0.29) is 12.6 Å². The van der Waals surface area contributed by atoms with Crippen LogP contribution < -0.4 is 5.84 Å². The number of hydrazine groups is 1. The molecule has 0 spiro atoms. The number of carbonyl (C=O) groups is 1. The number of carbonyl (C=O) groups excluding carboxylic acids is 1. The number of nitrogens with zero attached hydrogens (tertiary/aromatic N) is 2. The van der Waals surface area contributed by atoms with Crippen molar-refractivity contribution in [3.8, 4) is 0 Å². The molecule has 0 saturated carbocycles. The zero-order valence-electron chi connectivity index (χ0n) is 18.2. The lowest BCUT2D eigenvalue weighted by Gasteiger charge is -2.42. The van der Waals surface area contributed by atoms with E-state index in [2.05, 4.69) is 29.2 Å². The van der Waals surface area contributed by atoms with E-state index in [0.29, 0.717) is 32.0 Å². The van der Waals surface area contributed by atoms with Crippen molar-refractivity contribution >= 4 is 45.9 Å². The second-order valence-corrected chi connectivity index (χ2v) is 10.1. The molecule has 0 radical (unpaired) electrons. The Morgan fingerprint density at radius 2 is 1.91 bits per heavy atom. The summed E-state index contributed by atoms with van der Waals surface area (Å²) in [6, 6.07) is 13.8. The van der Waals surface area contributed by atoms with Crippen molar-refractivity contribution in [1.82, 2.24) is 9.91 Å². The predicted molar refractivity (Wildman–Crippen MR) is 135 cm³/mol. The summed E-state index contributed by atoms with van der Waals surface area (Å²) in [6.45, 7) is 10.1. The van der Waals surface area contributed by atoms with Crippen molar-refractivity contribution < 1.29 is 13.9 Å². The lowest BCUT2D eigenvalue weighted by molar-refractivity contribution is 0.0123. The van der Waals surface area contributed by atoms with Crippen LogP contribution in [0.1, 0.15) is 37.9 Å².